The Morgan fingerprint density at radius 3 is 2.62 bits per heavy atom. The van der Waals surface area contributed by atoms with Crippen molar-refractivity contribution in [2.45, 2.75) is 27.0 Å². The van der Waals surface area contributed by atoms with Crippen LogP contribution in [0.1, 0.15) is 33.0 Å². The smallest absolute Gasteiger partial charge is 0.340 e. The van der Waals surface area contributed by atoms with Gasteiger partial charge in [0.1, 0.15) is 12.4 Å². The maximum Gasteiger partial charge on any atom is 0.340 e. The lowest BCUT2D eigenvalue weighted by atomic mass is 10.2. The molecule has 0 spiro atoms. The van der Waals surface area contributed by atoms with E-state index in [1.54, 1.807) is 13.3 Å². The van der Waals surface area contributed by atoms with Gasteiger partial charge in [-0.15, -0.1) is 0 Å². The lowest BCUT2D eigenvalue weighted by Crippen LogP contribution is -2.09. The third kappa shape index (κ3) is 3.77. The molecule has 0 aliphatic rings. The largest absolute Gasteiger partial charge is 0.496 e. The van der Waals surface area contributed by atoms with E-state index >= 15 is 0 Å². The van der Waals surface area contributed by atoms with Gasteiger partial charge in [-0.25, -0.2) is 4.79 Å². The molecular weight excluding hydrogens is 328 g/mol. The summed E-state index contributed by atoms with van der Waals surface area (Å²) >= 11 is 0. The van der Waals surface area contributed by atoms with Gasteiger partial charge in [0.15, 0.2) is 0 Å². The van der Waals surface area contributed by atoms with E-state index in [4.69, 9.17) is 9.47 Å². The maximum atomic E-state index is 12.6. The van der Waals surface area contributed by atoms with Crippen LogP contribution in [-0.2, 0) is 17.9 Å². The van der Waals surface area contributed by atoms with Crippen LogP contribution in [0.5, 0.6) is 5.75 Å². The van der Waals surface area contributed by atoms with E-state index in [1.165, 1.54) is 0 Å². The number of hydrogen-bond donors (Lipinski definition) is 0. The third-order valence-electron chi connectivity index (χ3n) is 4.39. The second kappa shape index (κ2) is 7.87. The number of ether oxygens (including phenoxy) is 2. The zero-order valence-corrected chi connectivity index (χ0v) is 15.2. The van der Waals surface area contributed by atoms with Gasteiger partial charge in [0.2, 0.25) is 0 Å². The molecule has 0 saturated carbocycles. The molecule has 0 N–H and O–H groups in total. The van der Waals surface area contributed by atoms with Gasteiger partial charge >= 0.3 is 5.97 Å². The van der Waals surface area contributed by atoms with Crippen LogP contribution in [0, 0.1) is 13.8 Å². The molecule has 3 rings (SSSR count). The topological polar surface area (TPSA) is 53.4 Å². The highest BCUT2D eigenvalue weighted by molar-refractivity contribution is 5.91. The Labute approximate surface area is 153 Å². The van der Waals surface area contributed by atoms with Crippen LogP contribution in [0.2, 0.25) is 0 Å². The first-order chi connectivity index (χ1) is 12.6. The second-order valence-corrected chi connectivity index (χ2v) is 6.08. The average molecular weight is 350 g/mol. The first-order valence-corrected chi connectivity index (χ1v) is 8.46. The summed E-state index contributed by atoms with van der Waals surface area (Å²) in [6.07, 6.45) is 1.77. The number of hydrogen-bond acceptors (Lipinski definition) is 4. The fourth-order valence-corrected chi connectivity index (χ4v) is 2.95. The number of para-hydroxylation sites is 1. The Morgan fingerprint density at radius 1 is 1.12 bits per heavy atom. The summed E-state index contributed by atoms with van der Waals surface area (Å²) in [5, 5.41) is 0. The number of carbonyl (C=O) groups is 1. The van der Waals surface area contributed by atoms with Crippen LogP contribution in [0.3, 0.4) is 0 Å². The molecule has 3 aromatic rings. The van der Waals surface area contributed by atoms with Crippen molar-refractivity contribution in [2.75, 3.05) is 7.11 Å². The first kappa shape index (κ1) is 17.7. The van der Waals surface area contributed by atoms with Crippen molar-refractivity contribution in [2.24, 2.45) is 0 Å². The highest BCUT2D eigenvalue weighted by Crippen LogP contribution is 2.21. The third-order valence-corrected chi connectivity index (χ3v) is 4.39. The predicted octanol–water partition coefficient (Wildman–Crippen LogP) is 3.91. The average Bonchev–Trinajstić information content (AvgIpc) is 2.95. The van der Waals surface area contributed by atoms with Crippen LogP contribution in [0.4, 0.5) is 0 Å². The van der Waals surface area contributed by atoms with Crippen LogP contribution in [0.15, 0.2) is 54.7 Å². The molecule has 2 heterocycles. The first-order valence-electron chi connectivity index (χ1n) is 8.46. The van der Waals surface area contributed by atoms with Crippen LogP contribution in [0.25, 0.3) is 0 Å². The van der Waals surface area contributed by atoms with Crippen molar-refractivity contribution in [3.05, 3.63) is 82.9 Å². The molecule has 134 valence electrons. The molecular formula is C21H22N2O3. The van der Waals surface area contributed by atoms with Gasteiger partial charge in [-0.05, 0) is 38.1 Å². The van der Waals surface area contributed by atoms with Crippen molar-refractivity contribution in [3.63, 3.8) is 0 Å². The zero-order chi connectivity index (χ0) is 18.5. The fourth-order valence-electron chi connectivity index (χ4n) is 2.95. The number of methoxy groups -OCH3 is 1. The van der Waals surface area contributed by atoms with Gasteiger partial charge < -0.3 is 14.0 Å². The lowest BCUT2D eigenvalue weighted by molar-refractivity contribution is 0.0469. The standard InChI is InChI=1S/C21H22N2O3/c1-15-12-19(16(2)23(15)13-18-9-6-7-11-22-18)21(24)26-14-17-8-4-5-10-20(17)25-3/h4-12H,13-14H2,1-3H3. The van der Waals surface area contributed by atoms with Crippen molar-refractivity contribution in [1.82, 2.24) is 9.55 Å². The Bertz CT molecular complexity index is 901. The van der Waals surface area contributed by atoms with E-state index in [0.717, 1.165) is 22.6 Å². The minimum absolute atomic E-state index is 0.173. The highest BCUT2D eigenvalue weighted by Gasteiger charge is 2.18. The van der Waals surface area contributed by atoms with Crippen LogP contribution >= 0.6 is 0 Å². The number of esters is 1. The molecule has 0 unspecified atom stereocenters. The van der Waals surface area contributed by atoms with Crippen LogP contribution < -0.4 is 4.74 Å². The van der Waals surface area contributed by atoms with Crippen molar-refractivity contribution < 1.29 is 14.3 Å². The minimum Gasteiger partial charge on any atom is -0.496 e. The van der Waals surface area contributed by atoms with Gasteiger partial charge in [0.05, 0.1) is 24.9 Å². The number of benzene rings is 1. The predicted molar refractivity (Wildman–Crippen MR) is 99.4 cm³/mol. The summed E-state index contributed by atoms with van der Waals surface area (Å²) in [5.41, 5.74) is 4.23. The molecule has 0 saturated heterocycles. The number of pyridine rings is 1. The number of aryl methyl sites for hydroxylation is 1. The lowest BCUT2D eigenvalue weighted by Gasteiger charge is -2.10. The summed E-state index contributed by atoms with van der Waals surface area (Å²) in [5.74, 6) is 0.372. The summed E-state index contributed by atoms with van der Waals surface area (Å²) in [6.45, 7) is 4.70. The van der Waals surface area contributed by atoms with Crippen LogP contribution in [-0.4, -0.2) is 22.6 Å². The minimum atomic E-state index is -0.337. The summed E-state index contributed by atoms with van der Waals surface area (Å²) < 4.78 is 12.9. The monoisotopic (exact) mass is 350 g/mol. The van der Waals surface area contributed by atoms with Gasteiger partial charge in [-0.1, -0.05) is 24.3 Å². The highest BCUT2D eigenvalue weighted by atomic mass is 16.5. The Balaban J connectivity index is 1.75. The molecule has 5 nitrogen and oxygen atoms in total. The Kier molecular flexibility index (Phi) is 5.37. The van der Waals surface area contributed by atoms with Crippen molar-refractivity contribution >= 4 is 5.97 Å². The molecule has 0 bridgehead atoms. The van der Waals surface area contributed by atoms with E-state index in [2.05, 4.69) is 9.55 Å². The van der Waals surface area contributed by atoms with Gasteiger partial charge in [-0.3, -0.25) is 4.98 Å². The van der Waals surface area contributed by atoms with E-state index < -0.39 is 0 Å². The van der Waals surface area contributed by atoms with E-state index in [0.29, 0.717) is 17.9 Å². The van der Waals surface area contributed by atoms with Gasteiger partial charge in [-0.2, -0.15) is 0 Å². The quantitative estimate of drug-likeness (QED) is 0.633. The SMILES string of the molecule is COc1ccccc1COC(=O)c1cc(C)n(Cc2ccccn2)c1C. The van der Waals surface area contributed by atoms with E-state index in [9.17, 15) is 4.79 Å². The van der Waals surface area contributed by atoms with Gasteiger partial charge in [0, 0.05) is 23.1 Å². The van der Waals surface area contributed by atoms with Crippen molar-refractivity contribution in [1.29, 1.82) is 0 Å². The van der Waals surface area contributed by atoms with E-state index in [1.807, 2.05) is 62.4 Å². The normalized spacial score (nSPS) is 10.6. The maximum absolute atomic E-state index is 12.6. The molecule has 0 fully saturated rings. The van der Waals surface area contributed by atoms with E-state index in [-0.39, 0.29) is 12.6 Å². The van der Waals surface area contributed by atoms with Gasteiger partial charge in [0.25, 0.3) is 0 Å². The fraction of sp³-hybridized carbons (Fsp3) is 0.238. The number of nitrogens with zero attached hydrogens (tertiary/aromatic N) is 2. The second-order valence-electron chi connectivity index (χ2n) is 6.08. The molecule has 0 radical (unpaired) electrons. The summed E-state index contributed by atoms with van der Waals surface area (Å²) in [4.78, 5) is 16.9. The molecule has 0 aliphatic carbocycles. The molecule has 0 amide bonds. The molecule has 0 aliphatic heterocycles. The molecule has 0 atom stereocenters. The molecule has 5 heteroatoms. The Hall–Kier alpha value is -3.08. The number of rotatable bonds is 6. The molecule has 2 aromatic heterocycles. The number of carbonyl (C=O) groups excluding carboxylic acids is 1. The van der Waals surface area contributed by atoms with Crippen molar-refractivity contribution in [3.8, 4) is 5.75 Å². The molecule has 26 heavy (non-hydrogen) atoms. The Morgan fingerprint density at radius 2 is 1.88 bits per heavy atom. The number of aromatic nitrogens is 2. The summed E-state index contributed by atoms with van der Waals surface area (Å²) in [7, 11) is 1.60. The zero-order valence-electron chi connectivity index (χ0n) is 15.2. The summed E-state index contributed by atoms with van der Waals surface area (Å²) in [6, 6.07) is 15.2. The molecule has 1 aromatic carbocycles.